The first kappa shape index (κ1) is 13.2. The van der Waals surface area contributed by atoms with Gasteiger partial charge < -0.3 is 9.88 Å². The van der Waals surface area contributed by atoms with E-state index in [1.54, 1.807) is 0 Å². The van der Waals surface area contributed by atoms with Gasteiger partial charge in [-0.05, 0) is 30.7 Å². The molecular formula is C15H20BrN3. The fraction of sp³-hybridized carbons (Fsp3) is 0.467. The molecule has 1 aromatic carbocycles. The Bertz CT molecular complexity index is 597. The van der Waals surface area contributed by atoms with E-state index in [0.29, 0.717) is 0 Å². The van der Waals surface area contributed by atoms with E-state index >= 15 is 0 Å². The molecule has 0 radical (unpaired) electrons. The molecule has 0 unspecified atom stereocenters. The third kappa shape index (κ3) is 2.45. The Hall–Kier alpha value is -0.840. The summed E-state index contributed by atoms with van der Waals surface area (Å²) < 4.78 is 3.46. The van der Waals surface area contributed by atoms with E-state index in [1.165, 1.54) is 22.2 Å². The first-order chi connectivity index (χ1) is 9.16. The summed E-state index contributed by atoms with van der Waals surface area (Å²) in [5, 5.41) is 4.79. The van der Waals surface area contributed by atoms with Gasteiger partial charge in [-0.1, -0.05) is 15.9 Å². The van der Waals surface area contributed by atoms with Crippen LogP contribution in [0.1, 0.15) is 11.3 Å². The van der Waals surface area contributed by atoms with Crippen LogP contribution >= 0.6 is 15.9 Å². The molecule has 19 heavy (non-hydrogen) atoms. The lowest BCUT2D eigenvalue weighted by Gasteiger charge is -2.27. The molecule has 1 N–H and O–H groups in total. The van der Waals surface area contributed by atoms with E-state index < -0.39 is 0 Å². The SMILES string of the molecule is Cc1c(CN2CCNCC2)c2cc(Br)ccc2n1C. The van der Waals surface area contributed by atoms with Gasteiger partial charge in [0, 0.05) is 60.8 Å². The van der Waals surface area contributed by atoms with Crippen LogP contribution < -0.4 is 5.32 Å². The van der Waals surface area contributed by atoms with Crippen molar-refractivity contribution in [1.82, 2.24) is 14.8 Å². The molecule has 2 heterocycles. The molecule has 0 amide bonds. The zero-order chi connectivity index (χ0) is 13.4. The molecule has 1 fully saturated rings. The zero-order valence-electron chi connectivity index (χ0n) is 11.5. The minimum atomic E-state index is 1.06. The van der Waals surface area contributed by atoms with Crippen molar-refractivity contribution in [3.05, 3.63) is 33.9 Å². The molecule has 0 saturated carbocycles. The number of aromatic nitrogens is 1. The van der Waals surface area contributed by atoms with Crippen LogP contribution in [0.5, 0.6) is 0 Å². The molecule has 1 aromatic heterocycles. The van der Waals surface area contributed by atoms with Gasteiger partial charge in [-0.25, -0.2) is 0 Å². The highest BCUT2D eigenvalue weighted by Gasteiger charge is 2.16. The van der Waals surface area contributed by atoms with Gasteiger partial charge in [-0.3, -0.25) is 4.90 Å². The van der Waals surface area contributed by atoms with Gasteiger partial charge in [-0.15, -0.1) is 0 Å². The van der Waals surface area contributed by atoms with E-state index in [-0.39, 0.29) is 0 Å². The van der Waals surface area contributed by atoms with Gasteiger partial charge in [0.2, 0.25) is 0 Å². The second-order valence-electron chi connectivity index (χ2n) is 5.31. The van der Waals surface area contributed by atoms with Crippen LogP contribution in [0, 0.1) is 6.92 Å². The molecule has 1 saturated heterocycles. The van der Waals surface area contributed by atoms with Crippen LogP contribution in [0.15, 0.2) is 22.7 Å². The zero-order valence-corrected chi connectivity index (χ0v) is 13.1. The maximum Gasteiger partial charge on any atom is 0.0483 e. The van der Waals surface area contributed by atoms with Crippen LogP contribution in [0.3, 0.4) is 0 Å². The number of piperazine rings is 1. The summed E-state index contributed by atoms with van der Waals surface area (Å²) in [4.78, 5) is 2.54. The summed E-state index contributed by atoms with van der Waals surface area (Å²) in [6.07, 6.45) is 0. The van der Waals surface area contributed by atoms with Crippen molar-refractivity contribution in [1.29, 1.82) is 0 Å². The Balaban J connectivity index is 2.01. The molecule has 2 aromatic rings. The van der Waals surface area contributed by atoms with Crippen LogP contribution in [-0.4, -0.2) is 35.6 Å². The predicted octanol–water partition coefficient (Wildman–Crippen LogP) is 2.65. The summed E-state index contributed by atoms with van der Waals surface area (Å²) in [7, 11) is 2.16. The van der Waals surface area contributed by atoms with E-state index in [9.17, 15) is 0 Å². The Kier molecular flexibility index (Phi) is 3.65. The minimum absolute atomic E-state index is 1.06. The average molecular weight is 322 g/mol. The van der Waals surface area contributed by atoms with E-state index in [0.717, 1.165) is 37.2 Å². The fourth-order valence-electron chi connectivity index (χ4n) is 2.91. The lowest BCUT2D eigenvalue weighted by atomic mass is 10.1. The molecule has 1 aliphatic rings. The molecule has 3 nitrogen and oxygen atoms in total. The first-order valence-electron chi connectivity index (χ1n) is 6.83. The van der Waals surface area contributed by atoms with Crippen LogP contribution in [-0.2, 0) is 13.6 Å². The Morgan fingerprint density at radius 2 is 2.00 bits per heavy atom. The number of hydrogen-bond acceptors (Lipinski definition) is 2. The minimum Gasteiger partial charge on any atom is -0.348 e. The highest BCUT2D eigenvalue weighted by atomic mass is 79.9. The molecule has 1 aliphatic heterocycles. The number of aryl methyl sites for hydroxylation is 1. The largest absolute Gasteiger partial charge is 0.348 e. The standard InChI is InChI=1S/C15H20BrN3/c1-11-14(10-19-7-5-17-6-8-19)13-9-12(16)3-4-15(13)18(11)2/h3-4,9,17H,5-8,10H2,1-2H3. The quantitative estimate of drug-likeness (QED) is 0.917. The average Bonchev–Trinajstić information content (AvgIpc) is 2.65. The summed E-state index contributed by atoms with van der Waals surface area (Å²) >= 11 is 3.59. The monoisotopic (exact) mass is 321 g/mol. The van der Waals surface area contributed by atoms with Crippen LogP contribution in [0.2, 0.25) is 0 Å². The summed E-state index contributed by atoms with van der Waals surface area (Å²) in [5.74, 6) is 0. The molecule has 0 bridgehead atoms. The predicted molar refractivity (Wildman–Crippen MR) is 83.5 cm³/mol. The smallest absolute Gasteiger partial charge is 0.0483 e. The molecule has 0 spiro atoms. The lowest BCUT2D eigenvalue weighted by Crippen LogP contribution is -2.42. The number of benzene rings is 1. The Labute approximate surface area is 122 Å². The Morgan fingerprint density at radius 3 is 2.74 bits per heavy atom. The molecular weight excluding hydrogens is 302 g/mol. The second kappa shape index (κ2) is 5.27. The van der Waals surface area contributed by atoms with Crippen molar-refractivity contribution >= 4 is 26.8 Å². The molecule has 3 rings (SSSR count). The summed E-state index contributed by atoms with van der Waals surface area (Å²) in [6.45, 7) is 7.78. The van der Waals surface area contributed by atoms with E-state index in [1.807, 2.05) is 0 Å². The highest BCUT2D eigenvalue weighted by molar-refractivity contribution is 9.10. The number of hydrogen-bond donors (Lipinski definition) is 1. The number of nitrogens with zero attached hydrogens (tertiary/aromatic N) is 2. The van der Waals surface area contributed by atoms with Crippen molar-refractivity contribution in [3.63, 3.8) is 0 Å². The number of rotatable bonds is 2. The number of nitrogens with one attached hydrogen (secondary N) is 1. The topological polar surface area (TPSA) is 20.2 Å². The van der Waals surface area contributed by atoms with Gasteiger partial charge in [-0.2, -0.15) is 0 Å². The highest BCUT2D eigenvalue weighted by Crippen LogP contribution is 2.28. The molecule has 0 aliphatic carbocycles. The maximum absolute atomic E-state index is 3.59. The third-order valence-corrected chi connectivity index (χ3v) is 4.67. The van der Waals surface area contributed by atoms with E-state index in [4.69, 9.17) is 0 Å². The van der Waals surface area contributed by atoms with Crippen molar-refractivity contribution in [3.8, 4) is 0 Å². The molecule has 0 atom stereocenters. The van der Waals surface area contributed by atoms with Gasteiger partial charge in [0.05, 0.1) is 0 Å². The summed E-state index contributed by atoms with van der Waals surface area (Å²) in [5.41, 5.74) is 4.18. The summed E-state index contributed by atoms with van der Waals surface area (Å²) in [6, 6.07) is 6.57. The lowest BCUT2D eigenvalue weighted by molar-refractivity contribution is 0.233. The van der Waals surface area contributed by atoms with Gasteiger partial charge >= 0.3 is 0 Å². The van der Waals surface area contributed by atoms with E-state index in [2.05, 4.69) is 62.9 Å². The van der Waals surface area contributed by atoms with Crippen LogP contribution in [0.4, 0.5) is 0 Å². The van der Waals surface area contributed by atoms with Crippen molar-refractivity contribution < 1.29 is 0 Å². The molecule has 102 valence electrons. The third-order valence-electron chi connectivity index (χ3n) is 4.18. The van der Waals surface area contributed by atoms with Crippen LogP contribution in [0.25, 0.3) is 10.9 Å². The van der Waals surface area contributed by atoms with Gasteiger partial charge in [0.1, 0.15) is 0 Å². The number of fused-ring (bicyclic) bond motifs is 1. The van der Waals surface area contributed by atoms with Gasteiger partial charge in [0.15, 0.2) is 0 Å². The molecule has 4 heteroatoms. The maximum atomic E-state index is 3.59. The van der Waals surface area contributed by atoms with Crippen molar-refractivity contribution in [2.24, 2.45) is 7.05 Å². The Morgan fingerprint density at radius 1 is 1.26 bits per heavy atom. The van der Waals surface area contributed by atoms with Crippen molar-refractivity contribution in [2.45, 2.75) is 13.5 Å². The second-order valence-corrected chi connectivity index (χ2v) is 6.23. The van der Waals surface area contributed by atoms with Gasteiger partial charge in [0.25, 0.3) is 0 Å². The number of halogens is 1. The normalized spacial score (nSPS) is 17.2. The fourth-order valence-corrected chi connectivity index (χ4v) is 3.27. The van der Waals surface area contributed by atoms with Crippen molar-refractivity contribution in [2.75, 3.05) is 26.2 Å². The first-order valence-corrected chi connectivity index (χ1v) is 7.62.